The van der Waals surface area contributed by atoms with Gasteiger partial charge in [-0.25, -0.2) is 4.98 Å². The van der Waals surface area contributed by atoms with Crippen LogP contribution in [0.1, 0.15) is 12.5 Å². The fourth-order valence-corrected chi connectivity index (χ4v) is 3.11. The van der Waals surface area contributed by atoms with Gasteiger partial charge >= 0.3 is 0 Å². The molecule has 22 heavy (non-hydrogen) atoms. The van der Waals surface area contributed by atoms with Gasteiger partial charge in [-0.1, -0.05) is 35.6 Å². The van der Waals surface area contributed by atoms with E-state index in [0.29, 0.717) is 0 Å². The van der Waals surface area contributed by atoms with Crippen LogP contribution >= 0.6 is 11.3 Å². The van der Waals surface area contributed by atoms with Gasteiger partial charge in [0.1, 0.15) is 0 Å². The van der Waals surface area contributed by atoms with Crippen molar-refractivity contribution in [3.63, 3.8) is 0 Å². The van der Waals surface area contributed by atoms with E-state index in [1.165, 1.54) is 17.2 Å². The minimum absolute atomic E-state index is 0.0507. The van der Waals surface area contributed by atoms with Crippen molar-refractivity contribution in [2.75, 3.05) is 17.2 Å². The summed E-state index contributed by atoms with van der Waals surface area (Å²) in [7, 11) is 0. The van der Waals surface area contributed by atoms with E-state index in [2.05, 4.69) is 21.7 Å². The Balaban J connectivity index is 1.55. The summed E-state index contributed by atoms with van der Waals surface area (Å²) < 4.78 is 1.20. The summed E-state index contributed by atoms with van der Waals surface area (Å²) in [6, 6.07) is 16.1. The maximum absolute atomic E-state index is 11.0. The standard InChI is InChI=1S/C17H17N3OS/c1-12(21)19-14-8-6-13(7-9-14)10-11-18-17-20-15-4-2-3-5-16(15)22-17/h2-9H,10-11H2,1H3,(H,18,20)(H,19,21). The van der Waals surface area contributed by atoms with E-state index in [9.17, 15) is 4.79 Å². The summed E-state index contributed by atoms with van der Waals surface area (Å²) in [5.74, 6) is -0.0507. The number of rotatable bonds is 5. The number of hydrogen-bond acceptors (Lipinski definition) is 4. The van der Waals surface area contributed by atoms with E-state index in [4.69, 9.17) is 0 Å². The van der Waals surface area contributed by atoms with Gasteiger partial charge in [0.15, 0.2) is 5.13 Å². The Morgan fingerprint density at radius 2 is 1.91 bits per heavy atom. The maximum Gasteiger partial charge on any atom is 0.221 e. The first kappa shape index (κ1) is 14.5. The van der Waals surface area contributed by atoms with Gasteiger partial charge in [0.05, 0.1) is 10.2 Å². The van der Waals surface area contributed by atoms with Gasteiger partial charge in [-0.05, 0) is 36.2 Å². The monoisotopic (exact) mass is 311 g/mol. The number of fused-ring (bicyclic) bond motifs is 1. The molecule has 0 aliphatic carbocycles. The van der Waals surface area contributed by atoms with Crippen LogP contribution < -0.4 is 10.6 Å². The number of carbonyl (C=O) groups is 1. The number of nitrogens with one attached hydrogen (secondary N) is 2. The van der Waals surface area contributed by atoms with Crippen LogP contribution in [-0.4, -0.2) is 17.4 Å². The number of benzene rings is 2. The van der Waals surface area contributed by atoms with Crippen molar-refractivity contribution >= 4 is 38.3 Å². The largest absolute Gasteiger partial charge is 0.361 e. The van der Waals surface area contributed by atoms with Crippen LogP contribution in [0.4, 0.5) is 10.8 Å². The lowest BCUT2D eigenvalue weighted by atomic mass is 10.1. The van der Waals surface area contributed by atoms with Crippen molar-refractivity contribution < 1.29 is 4.79 Å². The normalized spacial score (nSPS) is 10.6. The molecule has 1 heterocycles. The van der Waals surface area contributed by atoms with E-state index in [-0.39, 0.29) is 5.91 Å². The molecule has 0 radical (unpaired) electrons. The van der Waals surface area contributed by atoms with Crippen LogP contribution in [0.15, 0.2) is 48.5 Å². The molecule has 4 nitrogen and oxygen atoms in total. The minimum Gasteiger partial charge on any atom is -0.361 e. The average molecular weight is 311 g/mol. The maximum atomic E-state index is 11.0. The molecule has 0 fully saturated rings. The number of carbonyl (C=O) groups excluding carboxylic acids is 1. The van der Waals surface area contributed by atoms with Crippen LogP contribution in [0.2, 0.25) is 0 Å². The fourth-order valence-electron chi connectivity index (χ4n) is 2.22. The second kappa shape index (κ2) is 6.58. The van der Waals surface area contributed by atoms with Crippen molar-refractivity contribution in [1.29, 1.82) is 0 Å². The highest BCUT2D eigenvalue weighted by molar-refractivity contribution is 7.22. The van der Waals surface area contributed by atoms with E-state index < -0.39 is 0 Å². The first-order chi connectivity index (χ1) is 10.7. The van der Waals surface area contributed by atoms with Crippen LogP contribution in [0.3, 0.4) is 0 Å². The Kier molecular flexibility index (Phi) is 4.34. The Labute approximate surface area is 133 Å². The Morgan fingerprint density at radius 1 is 1.14 bits per heavy atom. The van der Waals surface area contributed by atoms with Gasteiger partial charge in [0.25, 0.3) is 0 Å². The number of nitrogens with zero attached hydrogens (tertiary/aromatic N) is 1. The molecule has 0 saturated carbocycles. The molecule has 0 spiro atoms. The molecular formula is C17H17N3OS. The Morgan fingerprint density at radius 3 is 2.64 bits per heavy atom. The second-order valence-corrected chi connectivity index (χ2v) is 6.07. The fraction of sp³-hybridized carbons (Fsp3) is 0.176. The lowest BCUT2D eigenvalue weighted by Crippen LogP contribution is -2.06. The number of anilines is 2. The summed E-state index contributed by atoms with van der Waals surface area (Å²) >= 11 is 1.67. The Hall–Kier alpha value is -2.40. The Bertz CT molecular complexity index is 747. The molecule has 0 unspecified atom stereocenters. The highest BCUT2D eigenvalue weighted by Crippen LogP contribution is 2.25. The summed E-state index contributed by atoms with van der Waals surface area (Å²) in [6.07, 6.45) is 0.913. The molecule has 5 heteroatoms. The third-order valence-corrected chi connectivity index (χ3v) is 4.25. The second-order valence-electron chi connectivity index (χ2n) is 5.04. The SMILES string of the molecule is CC(=O)Nc1ccc(CCNc2nc3ccccc3s2)cc1. The lowest BCUT2D eigenvalue weighted by molar-refractivity contribution is -0.114. The minimum atomic E-state index is -0.0507. The van der Waals surface area contributed by atoms with Crippen molar-refractivity contribution in [2.45, 2.75) is 13.3 Å². The highest BCUT2D eigenvalue weighted by Gasteiger charge is 2.02. The van der Waals surface area contributed by atoms with Crippen LogP contribution in [0.5, 0.6) is 0 Å². The first-order valence-corrected chi connectivity index (χ1v) is 7.98. The first-order valence-electron chi connectivity index (χ1n) is 7.17. The van der Waals surface area contributed by atoms with Crippen molar-refractivity contribution in [3.05, 3.63) is 54.1 Å². The zero-order valence-corrected chi connectivity index (χ0v) is 13.1. The summed E-state index contributed by atoms with van der Waals surface area (Å²) in [5, 5.41) is 7.09. The predicted octanol–water partition coefficient (Wildman–Crippen LogP) is 3.91. The molecule has 0 bridgehead atoms. The quantitative estimate of drug-likeness (QED) is 0.751. The number of aromatic nitrogens is 1. The van der Waals surface area contributed by atoms with Gasteiger partial charge < -0.3 is 10.6 Å². The molecule has 0 saturated heterocycles. The smallest absolute Gasteiger partial charge is 0.221 e. The number of para-hydroxylation sites is 1. The zero-order valence-electron chi connectivity index (χ0n) is 12.3. The third kappa shape index (κ3) is 3.62. The zero-order chi connectivity index (χ0) is 15.4. The molecule has 0 atom stereocenters. The van der Waals surface area contributed by atoms with Gasteiger partial charge in [-0.3, -0.25) is 4.79 Å². The van der Waals surface area contributed by atoms with E-state index in [1.54, 1.807) is 11.3 Å². The van der Waals surface area contributed by atoms with E-state index in [0.717, 1.165) is 29.3 Å². The molecule has 112 valence electrons. The lowest BCUT2D eigenvalue weighted by Gasteiger charge is -2.05. The number of thiazole rings is 1. The van der Waals surface area contributed by atoms with Crippen molar-refractivity contribution in [2.24, 2.45) is 0 Å². The molecule has 2 aromatic carbocycles. The molecule has 2 N–H and O–H groups in total. The molecule has 3 aromatic rings. The van der Waals surface area contributed by atoms with Crippen LogP contribution in [0, 0.1) is 0 Å². The third-order valence-electron chi connectivity index (χ3n) is 3.26. The van der Waals surface area contributed by atoms with Crippen molar-refractivity contribution in [3.8, 4) is 0 Å². The highest BCUT2D eigenvalue weighted by atomic mass is 32.1. The summed E-state index contributed by atoms with van der Waals surface area (Å²) in [5.41, 5.74) is 3.09. The molecule has 0 aliphatic rings. The van der Waals surface area contributed by atoms with Gasteiger partial charge in [-0.15, -0.1) is 0 Å². The van der Waals surface area contributed by atoms with E-state index >= 15 is 0 Å². The van der Waals surface area contributed by atoms with Crippen molar-refractivity contribution in [1.82, 2.24) is 4.98 Å². The molecule has 1 amide bonds. The van der Waals surface area contributed by atoms with E-state index in [1.807, 2.05) is 42.5 Å². The molecular weight excluding hydrogens is 294 g/mol. The van der Waals surface area contributed by atoms with Gasteiger partial charge in [0.2, 0.25) is 5.91 Å². The molecule has 0 aliphatic heterocycles. The number of hydrogen-bond donors (Lipinski definition) is 2. The van der Waals surface area contributed by atoms with Gasteiger partial charge in [0, 0.05) is 19.2 Å². The average Bonchev–Trinajstić information content (AvgIpc) is 2.91. The molecule has 1 aromatic heterocycles. The summed E-state index contributed by atoms with van der Waals surface area (Å²) in [6.45, 7) is 2.34. The number of amides is 1. The van der Waals surface area contributed by atoms with Crippen LogP contribution in [-0.2, 0) is 11.2 Å². The van der Waals surface area contributed by atoms with Crippen LogP contribution in [0.25, 0.3) is 10.2 Å². The topological polar surface area (TPSA) is 54.0 Å². The summed E-state index contributed by atoms with van der Waals surface area (Å²) in [4.78, 5) is 15.5. The molecule has 3 rings (SSSR count). The van der Waals surface area contributed by atoms with Gasteiger partial charge in [-0.2, -0.15) is 0 Å². The predicted molar refractivity (Wildman–Crippen MR) is 92.6 cm³/mol.